The number of rotatable bonds is 8. The Morgan fingerprint density at radius 2 is 1.86 bits per heavy atom. The molecule has 0 fully saturated rings. The van der Waals surface area contributed by atoms with Gasteiger partial charge >= 0.3 is 0 Å². The third-order valence-corrected chi connectivity index (χ3v) is 6.18. The topological polar surface area (TPSA) is 139 Å². The Hall–Kier alpha value is -3.90. The average molecular weight is 513 g/mol. The molecule has 10 nitrogen and oxygen atoms in total. The molecule has 0 aliphatic heterocycles. The Morgan fingerprint density at radius 1 is 1.14 bits per heavy atom. The summed E-state index contributed by atoms with van der Waals surface area (Å²) >= 11 is 0. The van der Waals surface area contributed by atoms with E-state index in [0.29, 0.717) is 22.2 Å². The first-order chi connectivity index (χ1) is 16.9. The first-order valence-electron chi connectivity index (χ1n) is 10.9. The monoisotopic (exact) mass is 512 g/mol. The number of carbonyl (C=O) groups excluding carboxylic acids is 1. The summed E-state index contributed by atoms with van der Waals surface area (Å²) in [6.45, 7) is 3.37. The van der Waals surface area contributed by atoms with E-state index in [1.54, 1.807) is 42.9 Å². The fourth-order valence-electron chi connectivity index (χ4n) is 3.44. The second-order valence-electron chi connectivity index (χ2n) is 8.97. The molecule has 4 rings (SSSR count). The van der Waals surface area contributed by atoms with Crippen LogP contribution in [-0.4, -0.2) is 57.6 Å². The molecule has 188 valence electrons. The van der Waals surface area contributed by atoms with E-state index in [2.05, 4.69) is 25.7 Å². The van der Waals surface area contributed by atoms with Crippen LogP contribution in [0.4, 0.5) is 10.2 Å². The summed E-state index contributed by atoms with van der Waals surface area (Å²) in [5.74, 6) is -0.550. The maximum atomic E-state index is 13.3. The van der Waals surface area contributed by atoms with Crippen LogP contribution in [0, 0.1) is 5.82 Å². The van der Waals surface area contributed by atoms with Crippen LogP contribution >= 0.6 is 0 Å². The van der Waals surface area contributed by atoms with Gasteiger partial charge in [-0.15, -0.1) is 0 Å². The molecule has 0 unspecified atom stereocenters. The lowest BCUT2D eigenvalue weighted by molar-refractivity contribution is 0.0941. The fourth-order valence-corrected chi connectivity index (χ4v) is 4.07. The number of hydrogen-bond donors (Lipinski definition) is 3. The van der Waals surface area contributed by atoms with E-state index >= 15 is 0 Å². The van der Waals surface area contributed by atoms with Gasteiger partial charge in [0.25, 0.3) is 5.91 Å². The van der Waals surface area contributed by atoms with Crippen LogP contribution in [0.5, 0.6) is 0 Å². The van der Waals surface area contributed by atoms with Crippen LogP contribution < -0.4 is 10.6 Å². The number of carbonyl (C=O) groups is 1. The van der Waals surface area contributed by atoms with Gasteiger partial charge in [0.2, 0.25) is 0 Å². The predicted octanol–water partition coefficient (Wildman–Crippen LogP) is 2.47. The van der Waals surface area contributed by atoms with Gasteiger partial charge in [-0.2, -0.15) is 5.10 Å². The molecule has 3 heterocycles. The number of fused-ring (bicyclic) bond motifs is 1. The number of benzene rings is 1. The van der Waals surface area contributed by atoms with Crippen LogP contribution in [0.15, 0.2) is 60.0 Å². The number of sulfone groups is 1. The minimum Gasteiger partial charge on any atom is -0.389 e. The van der Waals surface area contributed by atoms with Gasteiger partial charge in [0, 0.05) is 30.9 Å². The van der Waals surface area contributed by atoms with Gasteiger partial charge in [-0.25, -0.2) is 22.5 Å². The summed E-state index contributed by atoms with van der Waals surface area (Å²) in [5.41, 5.74) is 0.914. The Bertz CT molecular complexity index is 1530. The van der Waals surface area contributed by atoms with E-state index in [-0.39, 0.29) is 35.3 Å². The second-order valence-corrected chi connectivity index (χ2v) is 10.9. The third-order valence-electron chi connectivity index (χ3n) is 5.21. The van der Waals surface area contributed by atoms with Crippen molar-refractivity contribution in [2.24, 2.45) is 0 Å². The van der Waals surface area contributed by atoms with Crippen molar-refractivity contribution in [3.05, 3.63) is 71.9 Å². The van der Waals surface area contributed by atoms with Gasteiger partial charge < -0.3 is 15.7 Å². The number of aromatic nitrogens is 4. The average Bonchev–Trinajstić information content (AvgIpc) is 3.25. The first kappa shape index (κ1) is 25.2. The SMILES string of the molecule is CC(C)(O)CNc1cc(CNC(=O)c2cncc3c2cnn3-c2ccc(F)cc2)cc(S(C)(=O)=O)n1. The maximum Gasteiger partial charge on any atom is 0.253 e. The number of aliphatic hydroxyl groups is 1. The molecular formula is C24H25FN6O4S. The zero-order chi connectivity index (χ0) is 26.1. The number of halogens is 1. The van der Waals surface area contributed by atoms with Gasteiger partial charge in [0.05, 0.1) is 34.8 Å². The van der Waals surface area contributed by atoms with Crippen LogP contribution in [0.25, 0.3) is 16.6 Å². The minimum absolute atomic E-state index is 0.0174. The van der Waals surface area contributed by atoms with Crippen molar-refractivity contribution in [1.82, 2.24) is 25.1 Å². The molecule has 0 aliphatic carbocycles. The molecule has 3 aromatic heterocycles. The maximum absolute atomic E-state index is 13.3. The number of hydrogen-bond acceptors (Lipinski definition) is 8. The summed E-state index contributed by atoms with van der Waals surface area (Å²) in [7, 11) is -3.62. The quantitative estimate of drug-likeness (QED) is 0.327. The van der Waals surface area contributed by atoms with Crippen molar-refractivity contribution >= 4 is 32.5 Å². The number of nitrogens with zero attached hydrogens (tertiary/aromatic N) is 4. The Labute approximate surface area is 207 Å². The predicted molar refractivity (Wildman–Crippen MR) is 132 cm³/mol. The first-order valence-corrected chi connectivity index (χ1v) is 12.8. The Balaban J connectivity index is 1.58. The number of anilines is 1. The van der Waals surface area contributed by atoms with Gasteiger partial charge in [-0.05, 0) is 55.8 Å². The van der Waals surface area contributed by atoms with Crippen LogP contribution in [0.3, 0.4) is 0 Å². The van der Waals surface area contributed by atoms with Crippen LogP contribution in [0.1, 0.15) is 29.8 Å². The van der Waals surface area contributed by atoms with Crippen molar-refractivity contribution in [2.75, 3.05) is 18.1 Å². The highest BCUT2D eigenvalue weighted by Crippen LogP contribution is 2.21. The molecule has 1 aromatic carbocycles. The number of pyridine rings is 2. The zero-order valence-electron chi connectivity index (χ0n) is 19.9. The number of amides is 1. The van der Waals surface area contributed by atoms with E-state index in [9.17, 15) is 22.7 Å². The van der Waals surface area contributed by atoms with Crippen molar-refractivity contribution in [2.45, 2.75) is 31.0 Å². The van der Waals surface area contributed by atoms with Gasteiger partial charge in [-0.3, -0.25) is 9.78 Å². The molecular weight excluding hydrogens is 487 g/mol. The zero-order valence-corrected chi connectivity index (χ0v) is 20.7. The molecule has 0 aliphatic rings. The molecule has 0 atom stereocenters. The van der Waals surface area contributed by atoms with E-state index in [4.69, 9.17) is 0 Å². The summed E-state index contributed by atoms with van der Waals surface area (Å²) in [6, 6.07) is 8.76. The van der Waals surface area contributed by atoms with Gasteiger partial charge in [0.1, 0.15) is 11.6 Å². The van der Waals surface area contributed by atoms with E-state index in [0.717, 1.165) is 6.26 Å². The molecule has 4 aromatic rings. The molecule has 0 saturated heterocycles. The molecule has 0 saturated carbocycles. The normalized spacial score (nSPS) is 12.0. The molecule has 12 heteroatoms. The molecule has 36 heavy (non-hydrogen) atoms. The van der Waals surface area contributed by atoms with Crippen LogP contribution in [0.2, 0.25) is 0 Å². The molecule has 0 spiro atoms. The highest BCUT2D eigenvalue weighted by atomic mass is 32.2. The van der Waals surface area contributed by atoms with E-state index < -0.39 is 21.3 Å². The van der Waals surface area contributed by atoms with E-state index in [1.807, 2.05) is 0 Å². The van der Waals surface area contributed by atoms with Crippen molar-refractivity contribution < 1.29 is 22.7 Å². The summed E-state index contributed by atoms with van der Waals surface area (Å²) in [4.78, 5) is 21.3. The van der Waals surface area contributed by atoms with Crippen molar-refractivity contribution in [1.29, 1.82) is 0 Å². The smallest absolute Gasteiger partial charge is 0.253 e. The Morgan fingerprint density at radius 3 is 2.53 bits per heavy atom. The second kappa shape index (κ2) is 9.63. The van der Waals surface area contributed by atoms with Gasteiger partial charge in [0.15, 0.2) is 14.9 Å². The highest BCUT2D eigenvalue weighted by molar-refractivity contribution is 7.90. The van der Waals surface area contributed by atoms with Crippen molar-refractivity contribution in [3.8, 4) is 5.69 Å². The highest BCUT2D eigenvalue weighted by Gasteiger charge is 2.18. The summed E-state index contributed by atoms with van der Waals surface area (Å²) in [6.07, 6.45) is 5.55. The van der Waals surface area contributed by atoms with E-state index in [1.165, 1.54) is 30.6 Å². The fraction of sp³-hybridized carbons (Fsp3) is 0.250. The summed E-state index contributed by atoms with van der Waals surface area (Å²) < 4.78 is 39.1. The lowest BCUT2D eigenvalue weighted by atomic mass is 10.1. The summed E-state index contributed by atoms with van der Waals surface area (Å²) in [5, 5.41) is 20.4. The number of nitrogens with one attached hydrogen (secondary N) is 2. The molecule has 3 N–H and O–H groups in total. The lowest BCUT2D eigenvalue weighted by Gasteiger charge is -2.19. The third kappa shape index (κ3) is 5.83. The van der Waals surface area contributed by atoms with Gasteiger partial charge in [-0.1, -0.05) is 0 Å². The van der Waals surface area contributed by atoms with Crippen molar-refractivity contribution in [3.63, 3.8) is 0 Å². The largest absolute Gasteiger partial charge is 0.389 e. The molecule has 1 amide bonds. The standard InChI is InChI=1S/C24H25FN6O4S/c1-24(2,33)14-28-21-8-15(9-22(30-21)36(3,34)35)10-27-23(32)19-11-26-13-20-18(19)12-29-31(20)17-6-4-16(25)5-7-17/h4-9,11-13,33H,10,14H2,1-3H3,(H,27,32)(H,28,30). The minimum atomic E-state index is -3.62. The molecule has 0 radical (unpaired) electrons. The molecule has 0 bridgehead atoms. The Kier molecular flexibility index (Phi) is 6.74. The van der Waals surface area contributed by atoms with Crippen LogP contribution in [-0.2, 0) is 16.4 Å². The lowest BCUT2D eigenvalue weighted by Crippen LogP contribution is -2.30.